The maximum absolute atomic E-state index is 13.4. The lowest BCUT2D eigenvalue weighted by Gasteiger charge is -2.42. The Morgan fingerprint density at radius 2 is 1.79 bits per heavy atom. The molecule has 0 radical (unpaired) electrons. The summed E-state index contributed by atoms with van der Waals surface area (Å²) in [7, 11) is 0. The molecule has 0 aliphatic heterocycles. The van der Waals surface area contributed by atoms with Crippen molar-refractivity contribution in [3.63, 3.8) is 0 Å². The SMILES string of the molecule is Nc1nc2cc(CC[C@@]34C=C[C@@H]3[C@@H](n3ccc5c(N)ncnc53)[C@H](O)[C@@H]4O)ccc2cc1-c1ccc(F)cc1. The molecule has 39 heavy (non-hydrogen) atoms. The van der Waals surface area contributed by atoms with Gasteiger partial charge in [-0.25, -0.2) is 19.3 Å². The van der Waals surface area contributed by atoms with Crippen molar-refractivity contribution in [1.29, 1.82) is 0 Å². The molecule has 196 valence electrons. The van der Waals surface area contributed by atoms with Crippen molar-refractivity contribution in [2.45, 2.75) is 31.1 Å². The van der Waals surface area contributed by atoms with Crippen LogP contribution in [0.5, 0.6) is 0 Å². The molecular weight excluding hydrogens is 495 g/mol. The van der Waals surface area contributed by atoms with E-state index in [4.69, 9.17) is 11.5 Å². The standard InChI is InChI=1S/C30H27FN6O2/c31-19-5-3-17(4-6-19)21-14-18-2-1-16(13-23(18)36-28(21)33)7-10-30-11-8-22(30)24(25(38)26(30)39)37-12-9-20-27(32)34-15-35-29(20)37/h1-6,8-9,11-15,22,24-26,38-39H,7,10H2,(H2,33,36)(H2,32,34,35)/t22-,24-,25+,26+,30-/m1/s1. The Balaban J connectivity index is 1.15. The third kappa shape index (κ3) is 3.54. The molecule has 3 aromatic heterocycles. The summed E-state index contributed by atoms with van der Waals surface area (Å²) < 4.78 is 15.3. The highest BCUT2D eigenvalue weighted by atomic mass is 19.1. The molecule has 5 atom stereocenters. The lowest BCUT2D eigenvalue weighted by atomic mass is 9.64. The highest BCUT2D eigenvalue weighted by Gasteiger charge is 2.61. The van der Waals surface area contributed by atoms with Crippen molar-refractivity contribution in [3.05, 3.63) is 90.7 Å². The number of rotatable bonds is 5. The van der Waals surface area contributed by atoms with E-state index in [1.54, 1.807) is 12.1 Å². The minimum atomic E-state index is -0.959. The number of anilines is 2. The number of nitrogens with zero attached hydrogens (tertiary/aromatic N) is 4. The number of pyridine rings is 1. The van der Waals surface area contributed by atoms with Crippen LogP contribution in [0, 0.1) is 17.2 Å². The van der Waals surface area contributed by atoms with Gasteiger partial charge in [-0.3, -0.25) is 0 Å². The third-order valence-electron chi connectivity index (χ3n) is 8.60. The van der Waals surface area contributed by atoms with Crippen LogP contribution in [0.4, 0.5) is 16.0 Å². The van der Waals surface area contributed by atoms with Gasteiger partial charge in [-0.2, -0.15) is 0 Å². The van der Waals surface area contributed by atoms with E-state index in [0.717, 1.165) is 33.0 Å². The maximum Gasteiger partial charge on any atom is 0.145 e. The Kier molecular flexibility index (Phi) is 5.23. The van der Waals surface area contributed by atoms with E-state index >= 15 is 0 Å². The van der Waals surface area contributed by atoms with Crippen LogP contribution >= 0.6 is 0 Å². The largest absolute Gasteiger partial charge is 0.389 e. The number of hydrogen-bond acceptors (Lipinski definition) is 7. The quantitative estimate of drug-likeness (QED) is 0.256. The third-order valence-corrected chi connectivity index (χ3v) is 8.60. The van der Waals surface area contributed by atoms with E-state index < -0.39 is 17.6 Å². The molecule has 1 fully saturated rings. The second kappa shape index (κ2) is 8.59. The van der Waals surface area contributed by atoms with Crippen LogP contribution in [0.2, 0.25) is 0 Å². The van der Waals surface area contributed by atoms with Crippen molar-refractivity contribution >= 4 is 33.6 Å². The molecule has 0 amide bonds. The van der Waals surface area contributed by atoms with Gasteiger partial charge in [0.2, 0.25) is 0 Å². The van der Waals surface area contributed by atoms with Gasteiger partial charge in [0.15, 0.2) is 0 Å². The Hall–Kier alpha value is -4.34. The molecule has 5 aromatic rings. The number of aromatic nitrogens is 4. The van der Waals surface area contributed by atoms with Crippen LogP contribution in [-0.4, -0.2) is 41.9 Å². The Morgan fingerprint density at radius 3 is 2.56 bits per heavy atom. The van der Waals surface area contributed by atoms with Gasteiger partial charge in [0, 0.05) is 28.5 Å². The van der Waals surface area contributed by atoms with E-state index in [1.165, 1.54) is 18.5 Å². The van der Waals surface area contributed by atoms with E-state index in [1.807, 2.05) is 41.1 Å². The Bertz CT molecular complexity index is 1770. The molecule has 6 N–H and O–H groups in total. The number of nitrogens with two attached hydrogens (primary N) is 2. The van der Waals surface area contributed by atoms with Gasteiger partial charge >= 0.3 is 0 Å². The Labute approximate surface area is 223 Å². The molecule has 0 saturated heterocycles. The number of aliphatic hydroxyl groups is 2. The fourth-order valence-corrected chi connectivity index (χ4v) is 6.47. The van der Waals surface area contributed by atoms with Crippen molar-refractivity contribution < 1.29 is 14.6 Å². The average Bonchev–Trinajstić information content (AvgIpc) is 3.40. The lowest BCUT2D eigenvalue weighted by molar-refractivity contribution is -0.0192. The topological polar surface area (TPSA) is 136 Å². The minimum Gasteiger partial charge on any atom is -0.389 e. The van der Waals surface area contributed by atoms with Gasteiger partial charge < -0.3 is 26.2 Å². The molecule has 7 rings (SSSR count). The number of allylic oxidation sites excluding steroid dienone is 1. The summed E-state index contributed by atoms with van der Waals surface area (Å²) in [6.07, 6.45) is 6.86. The normalized spacial score (nSPS) is 25.7. The number of nitrogen functional groups attached to an aromatic ring is 2. The maximum atomic E-state index is 13.4. The smallest absolute Gasteiger partial charge is 0.145 e. The monoisotopic (exact) mass is 522 g/mol. The molecule has 2 aromatic carbocycles. The van der Waals surface area contributed by atoms with Crippen LogP contribution in [0.3, 0.4) is 0 Å². The molecule has 8 nitrogen and oxygen atoms in total. The minimum absolute atomic E-state index is 0.0539. The number of hydrogen-bond donors (Lipinski definition) is 4. The highest BCUT2D eigenvalue weighted by molar-refractivity contribution is 5.89. The van der Waals surface area contributed by atoms with Crippen molar-refractivity contribution in [2.24, 2.45) is 11.3 Å². The van der Waals surface area contributed by atoms with E-state index in [0.29, 0.717) is 30.1 Å². The number of halogens is 1. The molecule has 0 bridgehead atoms. The van der Waals surface area contributed by atoms with Crippen LogP contribution in [0.1, 0.15) is 18.0 Å². The van der Waals surface area contributed by atoms with Crippen molar-refractivity contribution in [3.8, 4) is 11.1 Å². The zero-order valence-electron chi connectivity index (χ0n) is 20.9. The molecule has 3 heterocycles. The summed E-state index contributed by atoms with van der Waals surface area (Å²) in [6.45, 7) is 0. The van der Waals surface area contributed by atoms with Gasteiger partial charge in [-0.15, -0.1) is 0 Å². The molecule has 1 saturated carbocycles. The zero-order chi connectivity index (χ0) is 26.9. The lowest BCUT2D eigenvalue weighted by Crippen LogP contribution is -2.41. The average molecular weight is 523 g/mol. The molecule has 0 unspecified atom stereocenters. The summed E-state index contributed by atoms with van der Waals surface area (Å²) in [6, 6.07) is 15.7. The number of fused-ring (bicyclic) bond motifs is 3. The van der Waals surface area contributed by atoms with Gasteiger partial charge in [0.1, 0.15) is 35.5 Å². The molecule has 9 heteroatoms. The first-order valence-corrected chi connectivity index (χ1v) is 12.9. The number of aliphatic hydroxyl groups excluding tert-OH is 2. The predicted molar refractivity (Wildman–Crippen MR) is 148 cm³/mol. The first kappa shape index (κ1) is 23.8. The predicted octanol–water partition coefficient (Wildman–Crippen LogP) is 4.03. The van der Waals surface area contributed by atoms with Crippen LogP contribution < -0.4 is 11.5 Å². The molecule has 0 spiro atoms. The fraction of sp³-hybridized carbons (Fsp3) is 0.233. The number of benzene rings is 2. The van der Waals surface area contributed by atoms with Crippen molar-refractivity contribution in [2.75, 3.05) is 11.5 Å². The van der Waals surface area contributed by atoms with E-state index in [9.17, 15) is 14.6 Å². The fourth-order valence-electron chi connectivity index (χ4n) is 6.47. The first-order chi connectivity index (χ1) is 18.9. The summed E-state index contributed by atoms with van der Waals surface area (Å²) in [4.78, 5) is 13.1. The zero-order valence-corrected chi connectivity index (χ0v) is 20.9. The summed E-state index contributed by atoms with van der Waals surface area (Å²) >= 11 is 0. The number of aryl methyl sites for hydroxylation is 1. The van der Waals surface area contributed by atoms with Crippen LogP contribution in [-0.2, 0) is 6.42 Å². The second-order valence-corrected chi connectivity index (χ2v) is 10.6. The van der Waals surface area contributed by atoms with Gasteiger partial charge in [0.05, 0.1) is 23.0 Å². The van der Waals surface area contributed by atoms with E-state index in [-0.39, 0.29) is 17.8 Å². The highest BCUT2D eigenvalue weighted by Crippen LogP contribution is 2.59. The summed E-state index contributed by atoms with van der Waals surface area (Å²) in [5.41, 5.74) is 15.8. The van der Waals surface area contributed by atoms with Crippen LogP contribution in [0.25, 0.3) is 33.1 Å². The van der Waals surface area contributed by atoms with Gasteiger partial charge in [-0.05, 0) is 54.3 Å². The molecular formula is C30H27FN6O2. The molecule has 2 aliphatic rings. The second-order valence-electron chi connectivity index (χ2n) is 10.6. The van der Waals surface area contributed by atoms with E-state index in [2.05, 4.69) is 27.1 Å². The molecule has 2 aliphatic carbocycles. The first-order valence-electron chi connectivity index (χ1n) is 12.9. The van der Waals surface area contributed by atoms with Crippen LogP contribution in [0.15, 0.2) is 79.3 Å². The summed E-state index contributed by atoms with van der Waals surface area (Å²) in [5, 5.41) is 24.1. The van der Waals surface area contributed by atoms with Crippen molar-refractivity contribution in [1.82, 2.24) is 19.5 Å². The summed E-state index contributed by atoms with van der Waals surface area (Å²) in [5.74, 6) is 0.414. The van der Waals surface area contributed by atoms with Gasteiger partial charge in [-0.1, -0.05) is 36.4 Å². The van der Waals surface area contributed by atoms with Gasteiger partial charge in [0.25, 0.3) is 0 Å². The Morgan fingerprint density at radius 1 is 0.974 bits per heavy atom.